The van der Waals surface area contributed by atoms with E-state index in [1.807, 2.05) is 43.3 Å². The van der Waals surface area contributed by atoms with Crippen LogP contribution in [0.15, 0.2) is 36.4 Å². The molecule has 2 aromatic carbocycles. The second-order valence-corrected chi connectivity index (χ2v) is 6.90. The molecule has 5 nitrogen and oxygen atoms in total. The van der Waals surface area contributed by atoms with Crippen LogP contribution in [0, 0.1) is 0 Å². The number of phenols is 1. The molecule has 0 amide bonds. The Kier molecular flexibility index (Phi) is 4.82. The molecule has 21 heavy (non-hydrogen) atoms. The number of sulfonamides is 1. The first-order valence-electron chi connectivity index (χ1n) is 6.77. The number of aromatic hydroxyl groups is 1. The van der Waals surface area contributed by atoms with Crippen molar-refractivity contribution < 1.29 is 13.5 Å². The number of hydrogen-bond donors (Lipinski definition) is 3. The summed E-state index contributed by atoms with van der Waals surface area (Å²) in [4.78, 5) is 0. The van der Waals surface area contributed by atoms with Gasteiger partial charge in [0.2, 0.25) is 10.0 Å². The Bertz CT molecular complexity index is 729. The molecular formula is C15H20N2O3S. The van der Waals surface area contributed by atoms with Crippen LogP contribution in [0.2, 0.25) is 0 Å². The molecule has 3 N–H and O–H groups in total. The molecular weight excluding hydrogens is 288 g/mol. The molecule has 0 aliphatic carbocycles. The smallest absolute Gasteiger partial charge is 0.208 e. The number of benzene rings is 2. The normalized spacial score (nSPS) is 13.4. The maximum Gasteiger partial charge on any atom is 0.208 e. The van der Waals surface area contributed by atoms with Gasteiger partial charge in [-0.3, -0.25) is 0 Å². The summed E-state index contributed by atoms with van der Waals surface area (Å²) >= 11 is 0. The van der Waals surface area contributed by atoms with Crippen LogP contribution in [0.3, 0.4) is 0 Å². The molecule has 1 unspecified atom stereocenters. The van der Waals surface area contributed by atoms with E-state index in [1.165, 1.54) is 0 Å². The standard InChI is InChI=1S/C15H20N2O3S/c1-11(16-9-10-17-21(2,19)20)13-8-7-12-5-3-4-6-14(12)15(13)18/h3-8,11,16-18H,9-10H2,1-2H3. The highest BCUT2D eigenvalue weighted by molar-refractivity contribution is 7.88. The summed E-state index contributed by atoms with van der Waals surface area (Å²) < 4.78 is 24.4. The Balaban J connectivity index is 2.06. The van der Waals surface area contributed by atoms with Gasteiger partial charge < -0.3 is 10.4 Å². The average molecular weight is 308 g/mol. The van der Waals surface area contributed by atoms with Gasteiger partial charge in [-0.05, 0) is 12.3 Å². The summed E-state index contributed by atoms with van der Waals surface area (Å²) in [5.41, 5.74) is 0.799. The van der Waals surface area contributed by atoms with E-state index in [4.69, 9.17) is 0 Å². The van der Waals surface area contributed by atoms with Gasteiger partial charge in [-0.15, -0.1) is 0 Å². The fourth-order valence-electron chi connectivity index (χ4n) is 2.26. The van der Waals surface area contributed by atoms with E-state index in [0.717, 1.165) is 22.6 Å². The lowest BCUT2D eigenvalue weighted by atomic mass is 10.0. The van der Waals surface area contributed by atoms with Gasteiger partial charge in [0.1, 0.15) is 5.75 Å². The number of nitrogens with one attached hydrogen (secondary N) is 2. The minimum Gasteiger partial charge on any atom is -0.507 e. The largest absolute Gasteiger partial charge is 0.507 e. The average Bonchev–Trinajstić information content (AvgIpc) is 2.43. The van der Waals surface area contributed by atoms with Gasteiger partial charge in [0, 0.05) is 30.1 Å². The van der Waals surface area contributed by atoms with Gasteiger partial charge in [-0.1, -0.05) is 36.4 Å². The molecule has 0 saturated heterocycles. The van der Waals surface area contributed by atoms with Crippen molar-refractivity contribution in [2.75, 3.05) is 19.3 Å². The quantitative estimate of drug-likeness (QED) is 0.710. The van der Waals surface area contributed by atoms with Gasteiger partial charge in [0.25, 0.3) is 0 Å². The highest BCUT2D eigenvalue weighted by Crippen LogP contribution is 2.32. The maximum absolute atomic E-state index is 11.0. The van der Waals surface area contributed by atoms with Crippen molar-refractivity contribution in [2.45, 2.75) is 13.0 Å². The molecule has 2 aromatic rings. The van der Waals surface area contributed by atoms with E-state index in [2.05, 4.69) is 10.0 Å². The van der Waals surface area contributed by atoms with Crippen LogP contribution in [0.4, 0.5) is 0 Å². The van der Waals surface area contributed by atoms with E-state index in [-0.39, 0.29) is 11.8 Å². The molecule has 114 valence electrons. The summed E-state index contributed by atoms with van der Waals surface area (Å²) in [6, 6.07) is 11.4. The number of fused-ring (bicyclic) bond motifs is 1. The Labute approximate surface area is 125 Å². The van der Waals surface area contributed by atoms with Crippen LogP contribution in [-0.4, -0.2) is 32.9 Å². The maximum atomic E-state index is 11.0. The van der Waals surface area contributed by atoms with Crippen molar-refractivity contribution in [2.24, 2.45) is 0 Å². The molecule has 0 saturated carbocycles. The lowest BCUT2D eigenvalue weighted by Crippen LogP contribution is -2.32. The van der Waals surface area contributed by atoms with E-state index >= 15 is 0 Å². The van der Waals surface area contributed by atoms with Gasteiger partial charge in [0.15, 0.2) is 0 Å². The zero-order valence-corrected chi connectivity index (χ0v) is 12.9. The third-order valence-corrected chi connectivity index (χ3v) is 4.07. The fourth-order valence-corrected chi connectivity index (χ4v) is 2.73. The Morgan fingerprint density at radius 2 is 1.86 bits per heavy atom. The molecule has 0 aliphatic heterocycles. The topological polar surface area (TPSA) is 78.4 Å². The molecule has 1 atom stereocenters. The van der Waals surface area contributed by atoms with Crippen LogP contribution < -0.4 is 10.0 Å². The number of hydrogen-bond acceptors (Lipinski definition) is 4. The van der Waals surface area contributed by atoms with Gasteiger partial charge in [0.05, 0.1) is 6.26 Å². The molecule has 0 radical (unpaired) electrons. The summed E-state index contributed by atoms with van der Waals surface area (Å²) in [5, 5.41) is 15.4. The predicted molar refractivity (Wildman–Crippen MR) is 84.9 cm³/mol. The van der Waals surface area contributed by atoms with Gasteiger partial charge in [-0.2, -0.15) is 0 Å². The van der Waals surface area contributed by atoms with Crippen LogP contribution in [-0.2, 0) is 10.0 Å². The molecule has 6 heteroatoms. The lowest BCUT2D eigenvalue weighted by Gasteiger charge is -2.17. The van der Waals surface area contributed by atoms with Crippen molar-refractivity contribution in [3.63, 3.8) is 0 Å². The number of phenolic OH excluding ortho intramolecular Hbond substituents is 1. The van der Waals surface area contributed by atoms with Crippen LogP contribution >= 0.6 is 0 Å². The second-order valence-electron chi connectivity index (χ2n) is 5.07. The molecule has 0 bridgehead atoms. The summed E-state index contributed by atoms with van der Waals surface area (Å²) in [6.45, 7) is 2.74. The van der Waals surface area contributed by atoms with E-state index < -0.39 is 10.0 Å². The third-order valence-electron chi connectivity index (χ3n) is 3.34. The van der Waals surface area contributed by atoms with Crippen molar-refractivity contribution in [3.05, 3.63) is 42.0 Å². The summed E-state index contributed by atoms with van der Waals surface area (Å²) in [5.74, 6) is 0.268. The van der Waals surface area contributed by atoms with E-state index in [0.29, 0.717) is 13.1 Å². The van der Waals surface area contributed by atoms with E-state index in [9.17, 15) is 13.5 Å². The Morgan fingerprint density at radius 1 is 1.14 bits per heavy atom. The summed E-state index contributed by atoms with van der Waals surface area (Å²) in [7, 11) is -3.16. The monoisotopic (exact) mass is 308 g/mol. The van der Waals surface area contributed by atoms with E-state index in [1.54, 1.807) is 0 Å². The first-order valence-corrected chi connectivity index (χ1v) is 8.66. The van der Waals surface area contributed by atoms with Crippen molar-refractivity contribution >= 4 is 20.8 Å². The molecule has 0 spiro atoms. The van der Waals surface area contributed by atoms with Gasteiger partial charge >= 0.3 is 0 Å². The lowest BCUT2D eigenvalue weighted by molar-refractivity contribution is 0.459. The van der Waals surface area contributed by atoms with Crippen LogP contribution in [0.1, 0.15) is 18.5 Å². The van der Waals surface area contributed by atoms with Crippen molar-refractivity contribution in [1.82, 2.24) is 10.0 Å². The summed E-state index contributed by atoms with van der Waals surface area (Å²) in [6.07, 6.45) is 1.13. The highest BCUT2D eigenvalue weighted by Gasteiger charge is 2.12. The molecule has 0 aliphatic rings. The zero-order chi connectivity index (χ0) is 15.5. The molecule has 0 fully saturated rings. The second kappa shape index (κ2) is 6.43. The van der Waals surface area contributed by atoms with Crippen molar-refractivity contribution in [3.8, 4) is 5.75 Å². The Morgan fingerprint density at radius 3 is 2.57 bits per heavy atom. The first-order chi connectivity index (χ1) is 9.88. The SMILES string of the molecule is CC(NCCNS(C)(=O)=O)c1ccc2ccccc2c1O. The Hall–Kier alpha value is -1.63. The fraction of sp³-hybridized carbons (Fsp3) is 0.333. The molecule has 2 rings (SSSR count). The van der Waals surface area contributed by atoms with Gasteiger partial charge in [-0.25, -0.2) is 13.1 Å². The van der Waals surface area contributed by atoms with Crippen molar-refractivity contribution in [1.29, 1.82) is 0 Å². The van der Waals surface area contributed by atoms with Crippen LogP contribution in [0.25, 0.3) is 10.8 Å². The zero-order valence-electron chi connectivity index (χ0n) is 12.1. The minimum absolute atomic E-state index is 0.0732. The molecule has 0 aromatic heterocycles. The first kappa shape index (κ1) is 15.8. The van der Waals surface area contributed by atoms with Crippen LogP contribution in [0.5, 0.6) is 5.75 Å². The predicted octanol–water partition coefficient (Wildman–Crippen LogP) is 1.75. The third kappa shape index (κ3) is 4.17. The highest BCUT2D eigenvalue weighted by atomic mass is 32.2. The number of rotatable bonds is 6. The molecule has 0 heterocycles. The minimum atomic E-state index is -3.16.